The molecule has 2 amide bonds. The van der Waals surface area contributed by atoms with Gasteiger partial charge >= 0.3 is 12.4 Å². The van der Waals surface area contributed by atoms with Gasteiger partial charge in [0.25, 0.3) is 0 Å². The molecule has 2 aromatic rings. The first-order chi connectivity index (χ1) is 19.2. The number of fused-ring (bicyclic) bond motifs is 2. The minimum Gasteiger partial charge on any atom is -0.336 e. The Morgan fingerprint density at radius 1 is 0.902 bits per heavy atom. The second kappa shape index (κ2) is 10.9. The van der Waals surface area contributed by atoms with Gasteiger partial charge in [-0.05, 0) is 72.7 Å². The van der Waals surface area contributed by atoms with Gasteiger partial charge in [-0.1, -0.05) is 19.1 Å². The number of alkyl halides is 6. The van der Waals surface area contributed by atoms with Crippen molar-refractivity contribution >= 4 is 11.8 Å². The molecule has 3 aliphatic heterocycles. The lowest BCUT2D eigenvalue weighted by Gasteiger charge is -2.52. The molecular formula is C29H30F7N3O2. The molecule has 5 rings (SSSR count). The zero-order valence-electron chi connectivity index (χ0n) is 22.2. The van der Waals surface area contributed by atoms with E-state index in [1.165, 1.54) is 21.9 Å². The van der Waals surface area contributed by atoms with Crippen molar-refractivity contribution in [1.82, 2.24) is 15.1 Å². The van der Waals surface area contributed by atoms with Crippen molar-refractivity contribution < 1.29 is 40.3 Å². The molecule has 3 fully saturated rings. The van der Waals surface area contributed by atoms with E-state index in [1.54, 1.807) is 12.1 Å². The smallest absolute Gasteiger partial charge is 0.336 e. The van der Waals surface area contributed by atoms with Gasteiger partial charge in [-0.15, -0.1) is 0 Å². The SMILES string of the molecule is C[C@@H]1CCN2C(=O)C3CNCCC3C(c3ccc(F)cc3)C2C(=O)N(Cc2cc(C(F)(F)F)cc(C(F)(F)F)c2)C1. The highest BCUT2D eigenvalue weighted by molar-refractivity contribution is 5.91. The van der Waals surface area contributed by atoms with Crippen LogP contribution in [0.2, 0.25) is 0 Å². The topological polar surface area (TPSA) is 52.7 Å². The molecule has 0 aromatic heterocycles. The monoisotopic (exact) mass is 585 g/mol. The number of carbonyl (C=O) groups excluding carboxylic acids is 2. The van der Waals surface area contributed by atoms with E-state index in [0.29, 0.717) is 43.6 Å². The fraction of sp³-hybridized carbons (Fsp3) is 0.517. The Balaban J connectivity index is 1.57. The highest BCUT2D eigenvalue weighted by atomic mass is 19.4. The Bertz CT molecular complexity index is 1260. The predicted octanol–water partition coefficient (Wildman–Crippen LogP) is 5.45. The van der Waals surface area contributed by atoms with Crippen molar-refractivity contribution in [3.8, 4) is 0 Å². The molecule has 3 heterocycles. The van der Waals surface area contributed by atoms with Crippen molar-refractivity contribution in [1.29, 1.82) is 0 Å². The Hall–Kier alpha value is -3.15. The molecule has 12 heteroatoms. The molecule has 5 atom stereocenters. The summed E-state index contributed by atoms with van der Waals surface area (Å²) in [5.41, 5.74) is -2.55. The number of halogens is 7. The number of nitrogens with zero attached hydrogens (tertiary/aromatic N) is 2. The second-order valence-electron chi connectivity index (χ2n) is 11.3. The van der Waals surface area contributed by atoms with E-state index >= 15 is 0 Å². The fourth-order valence-corrected chi connectivity index (χ4v) is 6.59. The minimum absolute atomic E-state index is 0.0603. The summed E-state index contributed by atoms with van der Waals surface area (Å²) in [7, 11) is 0. The average molecular weight is 586 g/mol. The summed E-state index contributed by atoms with van der Waals surface area (Å²) in [5, 5.41) is 3.23. The van der Waals surface area contributed by atoms with E-state index in [-0.39, 0.29) is 42.5 Å². The molecule has 2 aromatic carbocycles. The Morgan fingerprint density at radius 2 is 1.54 bits per heavy atom. The zero-order chi connectivity index (χ0) is 29.7. The molecule has 41 heavy (non-hydrogen) atoms. The summed E-state index contributed by atoms with van der Waals surface area (Å²) < 4.78 is 95.1. The summed E-state index contributed by atoms with van der Waals surface area (Å²) in [5.74, 6) is -2.56. The molecule has 222 valence electrons. The second-order valence-corrected chi connectivity index (χ2v) is 11.3. The van der Waals surface area contributed by atoms with Gasteiger partial charge in [0.05, 0.1) is 17.0 Å². The van der Waals surface area contributed by atoms with Gasteiger partial charge in [-0.2, -0.15) is 26.3 Å². The van der Waals surface area contributed by atoms with Crippen LogP contribution in [-0.2, 0) is 28.5 Å². The van der Waals surface area contributed by atoms with Crippen LogP contribution in [0, 0.1) is 23.6 Å². The summed E-state index contributed by atoms with van der Waals surface area (Å²) >= 11 is 0. The van der Waals surface area contributed by atoms with Gasteiger partial charge in [-0.25, -0.2) is 4.39 Å². The standard InChI is InChI=1S/C29H30F7N3O2/c1-16-7-9-39-25(24(18-2-4-21(30)5-3-18)22-6-8-37-13-23(22)26(39)40)27(41)38(14-16)15-17-10-19(28(31,32)33)12-20(11-17)29(34,35)36/h2-5,10-12,16,22-25,37H,6-9,13-15H2,1H3/t16-,22?,23?,24?,25?/m1/s1. The zero-order valence-corrected chi connectivity index (χ0v) is 22.2. The third-order valence-electron chi connectivity index (χ3n) is 8.51. The molecule has 0 radical (unpaired) electrons. The lowest BCUT2D eigenvalue weighted by Crippen LogP contribution is -2.65. The Labute approximate surface area is 232 Å². The molecule has 0 spiro atoms. The Kier molecular flexibility index (Phi) is 7.82. The highest BCUT2D eigenvalue weighted by Gasteiger charge is 2.53. The van der Waals surface area contributed by atoms with Crippen molar-refractivity contribution in [2.24, 2.45) is 17.8 Å². The van der Waals surface area contributed by atoms with Gasteiger partial charge in [0.2, 0.25) is 11.8 Å². The number of rotatable bonds is 3. The molecule has 5 nitrogen and oxygen atoms in total. The summed E-state index contributed by atoms with van der Waals surface area (Å²) in [6.45, 7) is 2.75. The molecule has 3 aliphatic rings. The van der Waals surface area contributed by atoms with Crippen molar-refractivity contribution in [2.45, 2.75) is 50.6 Å². The molecule has 3 saturated heterocycles. The lowest BCUT2D eigenvalue weighted by molar-refractivity contribution is -0.160. The number of amides is 2. The van der Waals surface area contributed by atoms with Gasteiger partial charge in [0.1, 0.15) is 11.9 Å². The number of piperidine rings is 2. The quantitative estimate of drug-likeness (QED) is 0.488. The van der Waals surface area contributed by atoms with Crippen molar-refractivity contribution in [3.63, 3.8) is 0 Å². The van der Waals surface area contributed by atoms with Crippen LogP contribution in [-0.4, -0.2) is 53.8 Å². The van der Waals surface area contributed by atoms with E-state index in [1.807, 2.05) is 6.92 Å². The van der Waals surface area contributed by atoms with E-state index in [9.17, 15) is 40.3 Å². The van der Waals surface area contributed by atoms with Gasteiger partial charge in [0, 0.05) is 32.1 Å². The van der Waals surface area contributed by atoms with Crippen molar-refractivity contribution in [2.75, 3.05) is 26.2 Å². The van der Waals surface area contributed by atoms with Crippen LogP contribution >= 0.6 is 0 Å². The first-order valence-electron chi connectivity index (χ1n) is 13.6. The highest BCUT2D eigenvalue weighted by Crippen LogP contribution is 2.45. The van der Waals surface area contributed by atoms with Crippen LogP contribution in [0.15, 0.2) is 42.5 Å². The van der Waals surface area contributed by atoms with Crippen LogP contribution in [0.5, 0.6) is 0 Å². The number of benzene rings is 2. The largest absolute Gasteiger partial charge is 0.416 e. The van der Waals surface area contributed by atoms with Gasteiger partial charge in [-0.3, -0.25) is 9.59 Å². The first kappa shape index (κ1) is 29.3. The normalized spacial score (nSPS) is 27.7. The number of hydrogen-bond acceptors (Lipinski definition) is 3. The molecule has 0 aliphatic carbocycles. The van der Waals surface area contributed by atoms with Crippen LogP contribution in [0.3, 0.4) is 0 Å². The maximum Gasteiger partial charge on any atom is 0.416 e. The third-order valence-corrected chi connectivity index (χ3v) is 8.51. The van der Waals surface area contributed by atoms with Crippen LogP contribution in [0.1, 0.15) is 47.9 Å². The van der Waals surface area contributed by atoms with E-state index in [2.05, 4.69) is 5.32 Å². The average Bonchev–Trinajstić information content (AvgIpc) is 2.90. The van der Waals surface area contributed by atoms with Crippen LogP contribution in [0.4, 0.5) is 30.7 Å². The summed E-state index contributed by atoms with van der Waals surface area (Å²) in [6, 6.07) is 6.02. The number of nitrogens with one attached hydrogen (secondary N) is 1. The van der Waals surface area contributed by atoms with E-state index in [0.717, 1.165) is 0 Å². The van der Waals surface area contributed by atoms with Crippen LogP contribution in [0.25, 0.3) is 0 Å². The lowest BCUT2D eigenvalue weighted by atomic mass is 9.66. The molecule has 1 N–H and O–H groups in total. The Morgan fingerprint density at radius 3 is 2.15 bits per heavy atom. The van der Waals surface area contributed by atoms with Gasteiger partial charge in [0.15, 0.2) is 0 Å². The van der Waals surface area contributed by atoms with Crippen molar-refractivity contribution in [3.05, 3.63) is 70.5 Å². The van der Waals surface area contributed by atoms with E-state index in [4.69, 9.17) is 0 Å². The van der Waals surface area contributed by atoms with Gasteiger partial charge < -0.3 is 15.1 Å². The molecule has 0 saturated carbocycles. The molecule has 4 unspecified atom stereocenters. The fourth-order valence-electron chi connectivity index (χ4n) is 6.59. The maximum atomic E-state index is 14.3. The molecule has 0 bridgehead atoms. The maximum absolute atomic E-state index is 14.3. The van der Waals surface area contributed by atoms with Crippen LogP contribution < -0.4 is 5.32 Å². The van der Waals surface area contributed by atoms with E-state index < -0.39 is 59.6 Å². The predicted molar refractivity (Wildman–Crippen MR) is 135 cm³/mol. The molecular weight excluding hydrogens is 555 g/mol. The third kappa shape index (κ3) is 5.93. The minimum atomic E-state index is -5.02. The number of hydrogen-bond donors (Lipinski definition) is 1. The summed E-state index contributed by atoms with van der Waals surface area (Å²) in [6.07, 6.45) is -8.97. The summed E-state index contributed by atoms with van der Waals surface area (Å²) in [4.78, 5) is 30.8. The first-order valence-corrected chi connectivity index (χ1v) is 13.6. The number of carbonyl (C=O) groups is 2.